The van der Waals surface area contributed by atoms with Crippen LogP contribution >= 0.6 is 11.3 Å². The Morgan fingerprint density at radius 3 is 2.55 bits per heavy atom. The smallest absolute Gasteiger partial charge is 0.134 e. The lowest BCUT2D eigenvalue weighted by Gasteiger charge is -1.92. The van der Waals surface area contributed by atoms with E-state index in [2.05, 4.69) is 19.9 Å². The van der Waals surface area contributed by atoms with Crippen molar-refractivity contribution >= 4 is 17.1 Å². The maximum Gasteiger partial charge on any atom is 0.134 e. The van der Waals surface area contributed by atoms with Crippen molar-refractivity contribution in [1.82, 2.24) is 0 Å². The van der Waals surface area contributed by atoms with Gasteiger partial charge in [-0.2, -0.15) is 0 Å². The molecule has 2 heteroatoms. The van der Waals surface area contributed by atoms with E-state index in [1.54, 1.807) is 18.3 Å². The van der Waals surface area contributed by atoms with Gasteiger partial charge in [-0.1, -0.05) is 0 Å². The van der Waals surface area contributed by atoms with Crippen molar-refractivity contribution in [2.75, 3.05) is 0 Å². The molecule has 1 rings (SSSR count). The van der Waals surface area contributed by atoms with Gasteiger partial charge in [-0.25, -0.2) is 0 Å². The third-order valence-electron chi connectivity index (χ3n) is 1.58. The summed E-state index contributed by atoms with van der Waals surface area (Å²) in [5.74, 6) is 0.242. The Morgan fingerprint density at radius 2 is 2.18 bits per heavy atom. The average Bonchev–Trinajstić information content (AvgIpc) is 2.09. The molecule has 0 amide bonds. The zero-order valence-electron chi connectivity index (χ0n) is 7.10. The first-order valence-corrected chi connectivity index (χ1v) is 4.46. The van der Waals surface area contributed by atoms with E-state index < -0.39 is 0 Å². The normalized spacial score (nSPS) is 10.1. The minimum Gasteiger partial charge on any atom is -0.300 e. The van der Waals surface area contributed by atoms with Crippen LogP contribution in [0.3, 0.4) is 0 Å². The standard InChI is InChI=1S/C9H12OS/c1-6(10)4-9-5-7(2)11-8(9)3/h5H,4H2,1-3H3. The van der Waals surface area contributed by atoms with E-state index in [0.717, 1.165) is 0 Å². The van der Waals surface area contributed by atoms with Crippen LogP contribution in [0.1, 0.15) is 22.2 Å². The van der Waals surface area contributed by atoms with E-state index in [1.165, 1.54) is 15.3 Å². The number of carbonyl (C=O) groups excluding carboxylic acids is 1. The zero-order valence-corrected chi connectivity index (χ0v) is 7.92. The highest BCUT2D eigenvalue weighted by Crippen LogP contribution is 2.20. The van der Waals surface area contributed by atoms with Crippen molar-refractivity contribution in [2.45, 2.75) is 27.2 Å². The summed E-state index contributed by atoms with van der Waals surface area (Å²) in [6, 6.07) is 2.10. The number of hydrogen-bond acceptors (Lipinski definition) is 2. The molecule has 0 saturated carbocycles. The molecule has 0 N–H and O–H groups in total. The first-order chi connectivity index (χ1) is 5.09. The lowest BCUT2D eigenvalue weighted by atomic mass is 10.1. The van der Waals surface area contributed by atoms with Crippen LogP contribution in [-0.4, -0.2) is 5.78 Å². The molecule has 60 valence electrons. The summed E-state index contributed by atoms with van der Waals surface area (Å²) in [5, 5.41) is 0. The van der Waals surface area contributed by atoms with Gasteiger partial charge in [0.05, 0.1) is 0 Å². The number of carbonyl (C=O) groups is 1. The predicted octanol–water partition coefficient (Wildman–Crippen LogP) is 2.50. The highest BCUT2D eigenvalue weighted by Gasteiger charge is 2.04. The van der Waals surface area contributed by atoms with Gasteiger partial charge < -0.3 is 0 Å². The lowest BCUT2D eigenvalue weighted by Crippen LogP contribution is -1.95. The molecule has 0 unspecified atom stereocenters. The van der Waals surface area contributed by atoms with Gasteiger partial charge in [-0.3, -0.25) is 4.79 Å². The molecule has 0 fully saturated rings. The monoisotopic (exact) mass is 168 g/mol. The van der Waals surface area contributed by atoms with Crippen molar-refractivity contribution < 1.29 is 4.79 Å². The molecular weight excluding hydrogens is 156 g/mol. The van der Waals surface area contributed by atoms with E-state index in [4.69, 9.17) is 0 Å². The van der Waals surface area contributed by atoms with Gasteiger partial charge in [0.2, 0.25) is 0 Å². The Hall–Kier alpha value is -0.630. The van der Waals surface area contributed by atoms with Crippen molar-refractivity contribution in [3.05, 3.63) is 21.4 Å². The maximum absolute atomic E-state index is 10.8. The van der Waals surface area contributed by atoms with Gasteiger partial charge in [-0.05, 0) is 32.4 Å². The molecule has 1 aromatic rings. The number of thiophene rings is 1. The minimum absolute atomic E-state index is 0.242. The van der Waals surface area contributed by atoms with E-state index in [0.29, 0.717) is 6.42 Å². The molecule has 0 bridgehead atoms. The van der Waals surface area contributed by atoms with E-state index >= 15 is 0 Å². The SMILES string of the molecule is CC(=O)Cc1cc(C)sc1C. The molecule has 0 aliphatic rings. The van der Waals surface area contributed by atoms with Gasteiger partial charge in [0.25, 0.3) is 0 Å². The predicted molar refractivity (Wildman–Crippen MR) is 48.2 cm³/mol. The van der Waals surface area contributed by atoms with Crippen LogP contribution in [0.15, 0.2) is 6.07 Å². The van der Waals surface area contributed by atoms with Crippen LogP contribution in [0.4, 0.5) is 0 Å². The molecule has 0 radical (unpaired) electrons. The Kier molecular flexibility index (Phi) is 2.45. The number of hydrogen-bond donors (Lipinski definition) is 0. The number of Topliss-reactive ketones (excluding diaryl/α,β-unsaturated/α-hetero) is 1. The second-order valence-electron chi connectivity index (χ2n) is 2.82. The molecule has 0 atom stereocenters. The fraction of sp³-hybridized carbons (Fsp3) is 0.444. The highest BCUT2D eigenvalue weighted by molar-refractivity contribution is 7.12. The van der Waals surface area contributed by atoms with Gasteiger partial charge in [0, 0.05) is 16.2 Å². The maximum atomic E-state index is 10.8. The summed E-state index contributed by atoms with van der Waals surface area (Å²) >= 11 is 1.76. The fourth-order valence-corrected chi connectivity index (χ4v) is 2.07. The van der Waals surface area contributed by atoms with E-state index in [9.17, 15) is 4.79 Å². The summed E-state index contributed by atoms with van der Waals surface area (Å²) < 4.78 is 0. The van der Waals surface area contributed by atoms with Crippen LogP contribution in [0, 0.1) is 13.8 Å². The van der Waals surface area contributed by atoms with Crippen molar-refractivity contribution in [1.29, 1.82) is 0 Å². The van der Waals surface area contributed by atoms with Crippen LogP contribution in [0.2, 0.25) is 0 Å². The largest absolute Gasteiger partial charge is 0.300 e. The number of aryl methyl sites for hydroxylation is 2. The summed E-state index contributed by atoms with van der Waals surface area (Å²) in [6.07, 6.45) is 0.593. The van der Waals surface area contributed by atoms with Crippen LogP contribution < -0.4 is 0 Å². The Morgan fingerprint density at radius 1 is 1.55 bits per heavy atom. The molecule has 0 aliphatic carbocycles. The second kappa shape index (κ2) is 3.18. The quantitative estimate of drug-likeness (QED) is 0.663. The first kappa shape index (κ1) is 8.47. The van der Waals surface area contributed by atoms with E-state index in [-0.39, 0.29) is 5.78 Å². The summed E-state index contributed by atoms with van der Waals surface area (Å²) in [6.45, 7) is 5.77. The van der Waals surface area contributed by atoms with Crippen LogP contribution in [0.25, 0.3) is 0 Å². The van der Waals surface area contributed by atoms with Gasteiger partial charge in [0.15, 0.2) is 0 Å². The van der Waals surface area contributed by atoms with Gasteiger partial charge in [-0.15, -0.1) is 11.3 Å². The summed E-state index contributed by atoms with van der Waals surface area (Å²) in [5.41, 5.74) is 1.19. The molecule has 1 aromatic heterocycles. The molecule has 1 nitrogen and oxygen atoms in total. The Bertz CT molecular complexity index is 273. The number of rotatable bonds is 2. The van der Waals surface area contributed by atoms with Gasteiger partial charge >= 0.3 is 0 Å². The van der Waals surface area contributed by atoms with Crippen molar-refractivity contribution in [3.63, 3.8) is 0 Å². The lowest BCUT2D eigenvalue weighted by molar-refractivity contribution is -0.116. The van der Waals surface area contributed by atoms with Crippen LogP contribution in [0.5, 0.6) is 0 Å². The molecule has 0 aliphatic heterocycles. The molecule has 11 heavy (non-hydrogen) atoms. The second-order valence-corrected chi connectivity index (χ2v) is 4.28. The topological polar surface area (TPSA) is 17.1 Å². The Balaban J connectivity index is 2.85. The molecule has 1 heterocycles. The third kappa shape index (κ3) is 2.15. The third-order valence-corrected chi connectivity index (χ3v) is 2.59. The van der Waals surface area contributed by atoms with Crippen LogP contribution in [-0.2, 0) is 11.2 Å². The van der Waals surface area contributed by atoms with Crippen molar-refractivity contribution in [2.24, 2.45) is 0 Å². The average molecular weight is 168 g/mol. The first-order valence-electron chi connectivity index (χ1n) is 3.65. The summed E-state index contributed by atoms with van der Waals surface area (Å²) in [7, 11) is 0. The molecular formula is C9H12OS. The van der Waals surface area contributed by atoms with E-state index in [1.807, 2.05) is 0 Å². The zero-order chi connectivity index (χ0) is 8.43. The van der Waals surface area contributed by atoms with Gasteiger partial charge in [0.1, 0.15) is 5.78 Å². The highest BCUT2D eigenvalue weighted by atomic mass is 32.1. The molecule has 0 saturated heterocycles. The Labute approximate surface area is 71.1 Å². The fourth-order valence-electron chi connectivity index (χ4n) is 1.13. The minimum atomic E-state index is 0.242. The van der Waals surface area contributed by atoms with Crippen molar-refractivity contribution in [3.8, 4) is 0 Å². The molecule has 0 spiro atoms. The number of ketones is 1. The summed E-state index contributed by atoms with van der Waals surface area (Å²) in [4.78, 5) is 13.3. The molecule has 0 aromatic carbocycles.